The molecule has 5 nitrogen and oxygen atoms in total. The molecule has 0 spiro atoms. The van der Waals surface area contributed by atoms with Crippen molar-refractivity contribution < 1.29 is 19.5 Å². The number of likely N-dealkylation sites (tertiary alicyclic amines) is 1. The first-order valence-electron chi connectivity index (χ1n) is 6.73. The summed E-state index contributed by atoms with van der Waals surface area (Å²) < 4.78 is 0. The van der Waals surface area contributed by atoms with E-state index in [1.807, 2.05) is 13.8 Å². The summed E-state index contributed by atoms with van der Waals surface area (Å²) in [5.41, 5.74) is -0.186. The van der Waals surface area contributed by atoms with Crippen LogP contribution >= 0.6 is 0 Å². The monoisotopic (exact) mass is 269 g/mol. The quantitative estimate of drug-likeness (QED) is 0.747. The molecule has 1 aliphatic heterocycles. The molecule has 0 saturated carbocycles. The van der Waals surface area contributed by atoms with Crippen molar-refractivity contribution in [3.63, 3.8) is 0 Å². The van der Waals surface area contributed by atoms with Crippen LogP contribution in [0.15, 0.2) is 0 Å². The van der Waals surface area contributed by atoms with Gasteiger partial charge in [-0.1, -0.05) is 27.7 Å². The molecule has 1 aliphatic rings. The zero-order valence-corrected chi connectivity index (χ0v) is 12.1. The maximum absolute atomic E-state index is 11.9. The van der Waals surface area contributed by atoms with Gasteiger partial charge in [-0.15, -0.1) is 0 Å². The van der Waals surface area contributed by atoms with Gasteiger partial charge >= 0.3 is 5.97 Å². The molecule has 1 rings (SSSR count). The minimum Gasteiger partial charge on any atom is -0.481 e. The Balaban J connectivity index is 2.54. The minimum absolute atomic E-state index is 0.105. The number of nitrogens with zero attached hydrogens (tertiary/aromatic N) is 1. The third-order valence-corrected chi connectivity index (χ3v) is 4.09. The number of carboxylic acids is 1. The van der Waals surface area contributed by atoms with Crippen LogP contribution in [0.25, 0.3) is 0 Å². The molecule has 1 heterocycles. The van der Waals surface area contributed by atoms with Crippen LogP contribution in [0.3, 0.4) is 0 Å². The average molecular weight is 269 g/mol. The number of imide groups is 1. The van der Waals surface area contributed by atoms with Crippen molar-refractivity contribution in [2.24, 2.45) is 17.3 Å². The van der Waals surface area contributed by atoms with E-state index in [-0.39, 0.29) is 35.5 Å². The Bertz CT molecular complexity index is 369. The molecule has 0 aromatic rings. The Morgan fingerprint density at radius 1 is 1.16 bits per heavy atom. The maximum atomic E-state index is 11.9. The number of hydrogen-bond acceptors (Lipinski definition) is 3. The molecule has 1 N–H and O–H groups in total. The second-order valence-corrected chi connectivity index (χ2v) is 6.21. The first kappa shape index (κ1) is 15.7. The predicted molar refractivity (Wildman–Crippen MR) is 70.3 cm³/mol. The largest absolute Gasteiger partial charge is 0.481 e. The molecule has 2 unspecified atom stereocenters. The molecule has 0 aromatic carbocycles. The van der Waals surface area contributed by atoms with E-state index in [4.69, 9.17) is 5.11 Å². The minimum atomic E-state index is -0.816. The number of hydrogen-bond donors (Lipinski definition) is 1. The molecule has 108 valence electrons. The fourth-order valence-corrected chi connectivity index (χ4v) is 2.23. The summed E-state index contributed by atoms with van der Waals surface area (Å²) in [6.45, 7) is 7.88. The summed E-state index contributed by atoms with van der Waals surface area (Å²) in [5.74, 6) is -1.51. The molecule has 0 aromatic heterocycles. The van der Waals surface area contributed by atoms with Crippen LogP contribution in [0.2, 0.25) is 0 Å². The average Bonchev–Trinajstić information content (AvgIpc) is 2.50. The topological polar surface area (TPSA) is 74.7 Å². The number of carbonyl (C=O) groups excluding carboxylic acids is 2. The molecule has 1 fully saturated rings. The first-order valence-corrected chi connectivity index (χ1v) is 6.73. The van der Waals surface area contributed by atoms with Gasteiger partial charge < -0.3 is 5.11 Å². The molecule has 5 heteroatoms. The van der Waals surface area contributed by atoms with Gasteiger partial charge in [-0.05, 0) is 18.3 Å². The van der Waals surface area contributed by atoms with Gasteiger partial charge in [0, 0.05) is 24.8 Å². The van der Waals surface area contributed by atoms with Crippen molar-refractivity contribution in [1.29, 1.82) is 0 Å². The third-order valence-electron chi connectivity index (χ3n) is 4.09. The SMILES string of the molecule is CC1C(=O)N(CCC(C)(C)CCC(=O)O)C(=O)C1C. The van der Waals surface area contributed by atoms with Crippen molar-refractivity contribution >= 4 is 17.8 Å². The van der Waals surface area contributed by atoms with Gasteiger partial charge in [-0.2, -0.15) is 0 Å². The van der Waals surface area contributed by atoms with Crippen LogP contribution in [0.5, 0.6) is 0 Å². The van der Waals surface area contributed by atoms with Crippen LogP contribution in [0, 0.1) is 17.3 Å². The summed E-state index contributed by atoms with van der Waals surface area (Å²) in [6.07, 6.45) is 1.29. The summed E-state index contributed by atoms with van der Waals surface area (Å²) in [5, 5.41) is 8.69. The molecular formula is C14H23NO4. The summed E-state index contributed by atoms with van der Waals surface area (Å²) in [6, 6.07) is 0. The first-order chi connectivity index (χ1) is 8.65. The van der Waals surface area contributed by atoms with Crippen LogP contribution in [-0.4, -0.2) is 34.3 Å². The zero-order chi connectivity index (χ0) is 14.8. The van der Waals surface area contributed by atoms with Crippen molar-refractivity contribution in [3.8, 4) is 0 Å². The zero-order valence-electron chi connectivity index (χ0n) is 12.1. The number of aliphatic carboxylic acids is 1. The van der Waals surface area contributed by atoms with Crippen molar-refractivity contribution in [2.45, 2.75) is 47.0 Å². The Kier molecular flexibility index (Phi) is 4.71. The Hall–Kier alpha value is -1.39. The summed E-state index contributed by atoms with van der Waals surface area (Å²) in [7, 11) is 0. The lowest BCUT2D eigenvalue weighted by atomic mass is 9.84. The van der Waals surface area contributed by atoms with Gasteiger partial charge in [0.2, 0.25) is 11.8 Å². The predicted octanol–water partition coefficient (Wildman–Crippen LogP) is 1.91. The van der Waals surface area contributed by atoms with Crippen LogP contribution in [-0.2, 0) is 14.4 Å². The van der Waals surface area contributed by atoms with Crippen molar-refractivity contribution in [3.05, 3.63) is 0 Å². The molecule has 19 heavy (non-hydrogen) atoms. The fourth-order valence-electron chi connectivity index (χ4n) is 2.23. The van der Waals surface area contributed by atoms with Gasteiger partial charge in [0.25, 0.3) is 0 Å². The van der Waals surface area contributed by atoms with E-state index in [2.05, 4.69) is 0 Å². The molecule has 1 saturated heterocycles. The summed E-state index contributed by atoms with van der Waals surface area (Å²) >= 11 is 0. The number of rotatable bonds is 6. The van der Waals surface area contributed by atoms with E-state index >= 15 is 0 Å². The van der Waals surface area contributed by atoms with Gasteiger partial charge in [-0.25, -0.2) is 0 Å². The van der Waals surface area contributed by atoms with E-state index < -0.39 is 5.97 Å². The lowest BCUT2D eigenvalue weighted by Gasteiger charge is -2.26. The standard InChI is InChI=1S/C14H23NO4/c1-9-10(2)13(19)15(12(9)18)8-7-14(3,4)6-5-11(16)17/h9-10H,5-8H2,1-4H3,(H,16,17). The smallest absolute Gasteiger partial charge is 0.303 e. The van der Waals surface area contributed by atoms with Crippen molar-refractivity contribution in [2.75, 3.05) is 6.54 Å². The number of carboxylic acid groups (broad SMARTS) is 1. The van der Waals surface area contributed by atoms with Crippen LogP contribution in [0.1, 0.15) is 47.0 Å². The Morgan fingerprint density at radius 2 is 1.63 bits per heavy atom. The highest BCUT2D eigenvalue weighted by atomic mass is 16.4. The Morgan fingerprint density at radius 3 is 2.05 bits per heavy atom. The van der Waals surface area contributed by atoms with Gasteiger partial charge in [0.1, 0.15) is 0 Å². The van der Waals surface area contributed by atoms with Crippen molar-refractivity contribution in [1.82, 2.24) is 4.90 Å². The molecular weight excluding hydrogens is 246 g/mol. The second kappa shape index (κ2) is 5.72. The second-order valence-electron chi connectivity index (χ2n) is 6.21. The molecule has 0 bridgehead atoms. The van der Waals surface area contributed by atoms with E-state index in [9.17, 15) is 14.4 Å². The number of amides is 2. The molecule has 2 atom stereocenters. The highest BCUT2D eigenvalue weighted by molar-refractivity contribution is 6.04. The fraction of sp³-hybridized carbons (Fsp3) is 0.786. The maximum Gasteiger partial charge on any atom is 0.303 e. The lowest BCUT2D eigenvalue weighted by molar-refractivity contribution is -0.141. The van der Waals surface area contributed by atoms with Gasteiger partial charge in [0.05, 0.1) is 0 Å². The third kappa shape index (κ3) is 3.78. The van der Waals surface area contributed by atoms with Crippen LogP contribution < -0.4 is 0 Å². The van der Waals surface area contributed by atoms with E-state index in [0.717, 1.165) is 0 Å². The highest BCUT2D eigenvalue weighted by Crippen LogP contribution is 2.30. The molecule has 0 aliphatic carbocycles. The molecule has 0 radical (unpaired) electrons. The van der Waals surface area contributed by atoms with E-state index in [0.29, 0.717) is 19.4 Å². The van der Waals surface area contributed by atoms with Gasteiger partial charge in [-0.3, -0.25) is 19.3 Å². The molecule has 2 amide bonds. The summed E-state index contributed by atoms with van der Waals surface area (Å²) in [4.78, 5) is 35.7. The van der Waals surface area contributed by atoms with Crippen LogP contribution in [0.4, 0.5) is 0 Å². The Labute approximate surface area is 114 Å². The van der Waals surface area contributed by atoms with E-state index in [1.54, 1.807) is 13.8 Å². The van der Waals surface area contributed by atoms with Gasteiger partial charge in [0.15, 0.2) is 0 Å². The number of carbonyl (C=O) groups is 3. The highest BCUT2D eigenvalue weighted by Gasteiger charge is 2.42. The van der Waals surface area contributed by atoms with E-state index in [1.165, 1.54) is 4.90 Å². The lowest BCUT2D eigenvalue weighted by Crippen LogP contribution is -2.34. The normalized spacial score (nSPS) is 24.1.